The summed E-state index contributed by atoms with van der Waals surface area (Å²) in [4.78, 5) is 40.6. The molecule has 12 heteroatoms. The molecule has 3 aromatic carbocycles. The number of nitro groups is 1. The molecule has 2 amide bonds. The number of carbonyl (C=O) groups is 2. The number of amides is 2. The first-order valence-electron chi connectivity index (χ1n) is 14.5. The molecule has 1 fully saturated rings. The Kier molecular flexibility index (Phi) is 10.9. The monoisotopic (exact) mass is 622 g/mol. The fourth-order valence-electron chi connectivity index (χ4n) is 5.46. The number of nitro benzene ring substituents is 1. The minimum Gasteiger partial charge on any atom is -0.495 e. The first-order chi connectivity index (χ1) is 21.1. The molecule has 1 aliphatic carbocycles. The van der Waals surface area contributed by atoms with Gasteiger partial charge in [-0.15, -0.1) is 0 Å². The van der Waals surface area contributed by atoms with Gasteiger partial charge in [0.2, 0.25) is 21.8 Å². The van der Waals surface area contributed by atoms with Gasteiger partial charge in [-0.25, -0.2) is 8.42 Å². The summed E-state index contributed by atoms with van der Waals surface area (Å²) in [5, 5.41) is 14.7. The molecule has 1 unspecified atom stereocenters. The van der Waals surface area contributed by atoms with Crippen molar-refractivity contribution in [1.82, 2.24) is 10.2 Å². The zero-order valence-corrected chi connectivity index (χ0v) is 25.7. The lowest BCUT2D eigenvalue weighted by atomic mass is 9.94. The van der Waals surface area contributed by atoms with Gasteiger partial charge in [0.1, 0.15) is 24.0 Å². The van der Waals surface area contributed by atoms with Gasteiger partial charge in [-0.2, -0.15) is 0 Å². The zero-order chi connectivity index (χ0) is 31.7. The fraction of sp³-hybridized carbons (Fsp3) is 0.375. The van der Waals surface area contributed by atoms with E-state index >= 15 is 0 Å². The van der Waals surface area contributed by atoms with Gasteiger partial charge in [-0.05, 0) is 30.0 Å². The van der Waals surface area contributed by atoms with Crippen LogP contribution in [0.3, 0.4) is 0 Å². The van der Waals surface area contributed by atoms with Gasteiger partial charge < -0.3 is 15.0 Å². The van der Waals surface area contributed by atoms with Crippen LogP contribution in [-0.2, 0) is 32.6 Å². The van der Waals surface area contributed by atoms with Crippen LogP contribution >= 0.6 is 0 Å². The van der Waals surface area contributed by atoms with E-state index in [1.54, 1.807) is 0 Å². The Balaban J connectivity index is 1.76. The molecule has 0 spiro atoms. The van der Waals surface area contributed by atoms with E-state index in [9.17, 15) is 28.1 Å². The number of methoxy groups -OCH3 is 1. The lowest BCUT2D eigenvalue weighted by Crippen LogP contribution is -2.55. The Morgan fingerprint density at radius 1 is 0.977 bits per heavy atom. The SMILES string of the molecule is COc1ccc([N+](=O)[O-])cc1N(CC(=O)N(Cc1ccccc1)C(Cc1ccccc1)C(=O)NC1CCCCC1)S(C)(=O)=O. The Morgan fingerprint density at radius 2 is 1.59 bits per heavy atom. The summed E-state index contributed by atoms with van der Waals surface area (Å²) in [6.07, 6.45) is 5.95. The standard InChI is InChI=1S/C32H38N4O7S/c1-43-30-19-18-27(36(39)40)21-28(30)35(44(2,41)42)23-31(37)34(22-25-14-8-4-9-15-25)29(20-24-12-6-3-7-13-24)32(38)33-26-16-10-5-11-17-26/h3-4,6-9,12-15,18-19,21,26,29H,5,10-11,16-17,20,22-23H2,1-2H3,(H,33,38). The summed E-state index contributed by atoms with van der Waals surface area (Å²) in [6, 6.07) is 21.0. The number of hydrogen-bond acceptors (Lipinski definition) is 7. The van der Waals surface area contributed by atoms with Gasteiger partial charge in [0.15, 0.2) is 0 Å². The second-order valence-corrected chi connectivity index (χ2v) is 12.8. The third-order valence-electron chi connectivity index (χ3n) is 7.74. The van der Waals surface area contributed by atoms with Gasteiger partial charge in [0, 0.05) is 31.1 Å². The molecule has 0 saturated heterocycles. The highest BCUT2D eigenvalue weighted by atomic mass is 32.2. The van der Waals surface area contributed by atoms with E-state index in [1.165, 1.54) is 24.1 Å². The third kappa shape index (κ3) is 8.56. The summed E-state index contributed by atoms with van der Waals surface area (Å²) >= 11 is 0. The molecule has 0 aromatic heterocycles. The predicted molar refractivity (Wildman–Crippen MR) is 168 cm³/mol. The topological polar surface area (TPSA) is 139 Å². The number of hydrogen-bond donors (Lipinski definition) is 1. The van der Waals surface area contributed by atoms with Crippen LogP contribution in [0.5, 0.6) is 5.75 Å². The first kappa shape index (κ1) is 32.5. The van der Waals surface area contributed by atoms with Crippen molar-refractivity contribution >= 4 is 33.2 Å². The molecule has 3 aromatic rings. The Bertz CT molecular complexity index is 1550. The van der Waals surface area contributed by atoms with Gasteiger partial charge >= 0.3 is 0 Å². The molecule has 1 atom stereocenters. The van der Waals surface area contributed by atoms with E-state index < -0.39 is 33.4 Å². The molecule has 44 heavy (non-hydrogen) atoms. The van der Waals surface area contributed by atoms with Gasteiger partial charge in [-0.1, -0.05) is 79.9 Å². The average Bonchev–Trinajstić information content (AvgIpc) is 3.02. The molecule has 0 heterocycles. The molecule has 0 aliphatic heterocycles. The number of benzene rings is 3. The Morgan fingerprint density at radius 3 is 2.16 bits per heavy atom. The van der Waals surface area contributed by atoms with E-state index in [0.29, 0.717) is 0 Å². The molecule has 1 aliphatic rings. The number of non-ortho nitro benzene ring substituents is 1. The van der Waals surface area contributed by atoms with Crippen LogP contribution in [0.15, 0.2) is 78.9 Å². The van der Waals surface area contributed by atoms with E-state index in [2.05, 4.69) is 5.32 Å². The summed E-state index contributed by atoms with van der Waals surface area (Å²) < 4.78 is 32.3. The van der Waals surface area contributed by atoms with Gasteiger partial charge in [0.25, 0.3) is 5.69 Å². The maximum Gasteiger partial charge on any atom is 0.271 e. The van der Waals surface area contributed by atoms with Crippen LogP contribution < -0.4 is 14.4 Å². The van der Waals surface area contributed by atoms with Crippen molar-refractivity contribution in [3.8, 4) is 5.75 Å². The summed E-state index contributed by atoms with van der Waals surface area (Å²) in [7, 11) is -2.83. The minimum absolute atomic E-state index is 0.00940. The molecule has 0 radical (unpaired) electrons. The van der Waals surface area contributed by atoms with Crippen molar-refractivity contribution in [3.63, 3.8) is 0 Å². The van der Waals surface area contributed by atoms with Gasteiger partial charge in [-0.3, -0.25) is 24.0 Å². The van der Waals surface area contributed by atoms with Crippen molar-refractivity contribution in [2.75, 3.05) is 24.2 Å². The van der Waals surface area contributed by atoms with E-state index in [4.69, 9.17) is 4.74 Å². The smallest absolute Gasteiger partial charge is 0.271 e. The largest absolute Gasteiger partial charge is 0.495 e. The number of ether oxygens (including phenoxy) is 1. The predicted octanol–water partition coefficient (Wildman–Crippen LogP) is 4.46. The lowest BCUT2D eigenvalue weighted by molar-refractivity contribution is -0.384. The minimum atomic E-state index is -4.14. The van der Waals surface area contributed by atoms with E-state index in [-0.39, 0.29) is 42.0 Å². The first-order valence-corrected chi connectivity index (χ1v) is 16.4. The summed E-state index contributed by atoms with van der Waals surface area (Å²) in [6.45, 7) is -0.663. The number of nitrogens with zero attached hydrogens (tertiary/aromatic N) is 3. The summed E-state index contributed by atoms with van der Waals surface area (Å²) in [5.41, 5.74) is 1.08. The lowest BCUT2D eigenvalue weighted by Gasteiger charge is -2.35. The number of sulfonamides is 1. The maximum atomic E-state index is 14.3. The van der Waals surface area contributed by atoms with Crippen LogP contribution in [0, 0.1) is 10.1 Å². The van der Waals surface area contributed by atoms with Gasteiger partial charge in [0.05, 0.1) is 18.3 Å². The molecule has 0 bridgehead atoms. The molecule has 1 N–H and O–H groups in total. The van der Waals surface area contributed by atoms with Crippen molar-refractivity contribution in [2.24, 2.45) is 0 Å². The number of rotatable bonds is 13. The third-order valence-corrected chi connectivity index (χ3v) is 8.87. The number of nitrogens with one attached hydrogen (secondary N) is 1. The van der Waals surface area contributed by atoms with Crippen molar-refractivity contribution in [3.05, 3.63) is 100 Å². The second kappa shape index (κ2) is 14.8. The Hall–Kier alpha value is -4.45. The molecule has 1 saturated carbocycles. The Labute approximate surface area is 258 Å². The fourth-order valence-corrected chi connectivity index (χ4v) is 6.30. The average molecular weight is 623 g/mol. The molecular formula is C32H38N4O7S. The van der Waals surface area contributed by atoms with Crippen LogP contribution in [0.25, 0.3) is 0 Å². The van der Waals surface area contributed by atoms with Crippen LogP contribution in [-0.4, -0.2) is 62.0 Å². The maximum absolute atomic E-state index is 14.3. The zero-order valence-electron chi connectivity index (χ0n) is 24.9. The molecule has 4 rings (SSSR count). The second-order valence-electron chi connectivity index (χ2n) is 10.9. The highest BCUT2D eigenvalue weighted by molar-refractivity contribution is 7.92. The molecule has 11 nitrogen and oxygen atoms in total. The van der Waals surface area contributed by atoms with E-state index in [1.807, 2.05) is 60.7 Å². The van der Waals surface area contributed by atoms with Crippen LogP contribution in [0.4, 0.5) is 11.4 Å². The summed E-state index contributed by atoms with van der Waals surface area (Å²) in [5.74, 6) is -0.921. The van der Waals surface area contributed by atoms with Crippen molar-refractivity contribution in [1.29, 1.82) is 0 Å². The normalized spacial score (nSPS) is 14.3. The quantitative estimate of drug-likeness (QED) is 0.219. The van der Waals surface area contributed by atoms with Crippen LogP contribution in [0.1, 0.15) is 43.2 Å². The molecule has 234 valence electrons. The number of carbonyl (C=O) groups excluding carboxylic acids is 2. The highest BCUT2D eigenvalue weighted by Crippen LogP contribution is 2.34. The van der Waals surface area contributed by atoms with E-state index in [0.717, 1.165) is 59.9 Å². The highest BCUT2D eigenvalue weighted by Gasteiger charge is 2.35. The number of anilines is 1. The van der Waals surface area contributed by atoms with Crippen molar-refractivity contribution in [2.45, 2.75) is 57.2 Å². The van der Waals surface area contributed by atoms with Crippen molar-refractivity contribution < 1.29 is 27.7 Å². The van der Waals surface area contributed by atoms with Crippen LogP contribution in [0.2, 0.25) is 0 Å². The molecular weight excluding hydrogens is 584 g/mol.